The zero-order valence-electron chi connectivity index (χ0n) is 13.2. The molecule has 0 aliphatic heterocycles. The predicted molar refractivity (Wildman–Crippen MR) is 87.5 cm³/mol. The van der Waals surface area contributed by atoms with Crippen molar-refractivity contribution in [2.45, 2.75) is 13.5 Å². The highest BCUT2D eigenvalue weighted by molar-refractivity contribution is 7.88. The van der Waals surface area contributed by atoms with Crippen molar-refractivity contribution in [1.82, 2.24) is 9.62 Å². The molecule has 7 heteroatoms. The maximum absolute atomic E-state index is 12.1. The van der Waals surface area contributed by atoms with E-state index < -0.39 is 10.0 Å². The fraction of sp³-hybridized carbons (Fsp3) is 0.312. The molecule has 23 heavy (non-hydrogen) atoms. The summed E-state index contributed by atoms with van der Waals surface area (Å²) in [6.45, 7) is 2.40. The maximum atomic E-state index is 12.1. The first-order chi connectivity index (χ1) is 10.9. The Labute approximate surface area is 136 Å². The summed E-state index contributed by atoms with van der Waals surface area (Å²) in [4.78, 5) is 12.1. The topological polar surface area (TPSA) is 79.6 Å². The van der Waals surface area contributed by atoms with Gasteiger partial charge in [0, 0.05) is 18.7 Å². The van der Waals surface area contributed by atoms with Gasteiger partial charge in [-0.05, 0) is 30.7 Å². The minimum atomic E-state index is -3.39. The van der Waals surface area contributed by atoms with Crippen molar-refractivity contribution in [1.29, 1.82) is 0 Å². The Morgan fingerprint density at radius 3 is 2.57 bits per heavy atom. The van der Waals surface area contributed by atoms with E-state index in [4.69, 9.17) is 4.42 Å². The Kier molecular flexibility index (Phi) is 5.57. The Morgan fingerprint density at radius 1 is 1.22 bits per heavy atom. The molecule has 1 aromatic heterocycles. The van der Waals surface area contributed by atoms with Crippen LogP contribution in [0.5, 0.6) is 0 Å². The van der Waals surface area contributed by atoms with Crippen LogP contribution in [0.3, 0.4) is 0 Å². The van der Waals surface area contributed by atoms with Gasteiger partial charge in [-0.25, -0.2) is 8.42 Å². The van der Waals surface area contributed by atoms with Crippen LogP contribution in [0.4, 0.5) is 0 Å². The number of carbonyl (C=O) groups is 1. The van der Waals surface area contributed by atoms with Crippen molar-refractivity contribution in [3.63, 3.8) is 0 Å². The molecule has 2 rings (SSSR count). The SMILES string of the molecule is Cc1ccccc1C(=O)NCCN(Cc1ccco1)S(C)(=O)=O. The molecule has 0 unspecified atom stereocenters. The normalized spacial score (nSPS) is 11.6. The average Bonchev–Trinajstić information content (AvgIpc) is 2.98. The van der Waals surface area contributed by atoms with Gasteiger partial charge in [-0.1, -0.05) is 18.2 Å². The molecular weight excluding hydrogens is 316 g/mol. The molecule has 0 spiro atoms. The largest absolute Gasteiger partial charge is 0.468 e. The number of aryl methyl sites for hydroxylation is 1. The van der Waals surface area contributed by atoms with Gasteiger partial charge in [0.25, 0.3) is 5.91 Å². The second-order valence-corrected chi connectivity index (χ2v) is 7.23. The van der Waals surface area contributed by atoms with Crippen LogP contribution >= 0.6 is 0 Å². The first-order valence-corrected chi connectivity index (χ1v) is 9.04. The number of hydrogen-bond donors (Lipinski definition) is 1. The number of amides is 1. The number of nitrogens with zero attached hydrogens (tertiary/aromatic N) is 1. The second kappa shape index (κ2) is 7.43. The number of furan rings is 1. The third kappa shape index (κ3) is 4.94. The molecule has 0 aliphatic carbocycles. The van der Waals surface area contributed by atoms with Gasteiger partial charge < -0.3 is 9.73 Å². The summed E-state index contributed by atoms with van der Waals surface area (Å²) in [7, 11) is -3.39. The first kappa shape index (κ1) is 17.2. The fourth-order valence-electron chi connectivity index (χ4n) is 2.16. The summed E-state index contributed by atoms with van der Waals surface area (Å²) in [5.41, 5.74) is 1.46. The molecule has 0 radical (unpaired) electrons. The van der Waals surface area contributed by atoms with Gasteiger partial charge in [0.05, 0.1) is 19.1 Å². The highest BCUT2D eigenvalue weighted by Crippen LogP contribution is 2.09. The van der Waals surface area contributed by atoms with Crippen LogP contribution in [0.15, 0.2) is 47.1 Å². The molecule has 1 N–H and O–H groups in total. The number of carbonyl (C=O) groups excluding carboxylic acids is 1. The van der Waals surface area contributed by atoms with Crippen molar-refractivity contribution < 1.29 is 17.6 Å². The fourth-order valence-corrected chi connectivity index (χ4v) is 2.94. The number of hydrogen-bond acceptors (Lipinski definition) is 4. The zero-order valence-corrected chi connectivity index (χ0v) is 14.0. The third-order valence-corrected chi connectivity index (χ3v) is 4.67. The quantitative estimate of drug-likeness (QED) is 0.836. The van der Waals surface area contributed by atoms with Crippen LogP contribution in [0, 0.1) is 6.92 Å². The summed E-state index contributed by atoms with van der Waals surface area (Å²) >= 11 is 0. The number of rotatable bonds is 7. The summed E-state index contributed by atoms with van der Waals surface area (Å²) in [5.74, 6) is 0.343. The van der Waals surface area contributed by atoms with Gasteiger partial charge >= 0.3 is 0 Å². The predicted octanol–water partition coefficient (Wildman–Crippen LogP) is 1.78. The molecule has 6 nitrogen and oxygen atoms in total. The minimum absolute atomic E-state index is 0.145. The summed E-state index contributed by atoms with van der Waals surface area (Å²) in [6, 6.07) is 10.7. The monoisotopic (exact) mass is 336 g/mol. The molecule has 0 saturated carbocycles. The molecule has 2 aromatic rings. The van der Waals surface area contributed by atoms with E-state index in [-0.39, 0.29) is 25.5 Å². The summed E-state index contributed by atoms with van der Waals surface area (Å²) in [5, 5.41) is 2.75. The van der Waals surface area contributed by atoms with E-state index in [0.29, 0.717) is 11.3 Å². The first-order valence-electron chi connectivity index (χ1n) is 7.19. The highest BCUT2D eigenvalue weighted by Gasteiger charge is 2.18. The van der Waals surface area contributed by atoms with Gasteiger partial charge in [0.2, 0.25) is 10.0 Å². The summed E-state index contributed by atoms with van der Waals surface area (Å²) < 4.78 is 30.1. The molecule has 1 aromatic carbocycles. The van der Waals surface area contributed by atoms with Crippen molar-refractivity contribution in [3.8, 4) is 0 Å². The van der Waals surface area contributed by atoms with E-state index in [1.807, 2.05) is 19.1 Å². The van der Waals surface area contributed by atoms with Crippen LogP contribution in [0.2, 0.25) is 0 Å². The summed E-state index contributed by atoms with van der Waals surface area (Å²) in [6.07, 6.45) is 2.63. The Hall–Kier alpha value is -2.12. The van der Waals surface area contributed by atoms with E-state index in [2.05, 4.69) is 5.32 Å². The standard InChI is InChI=1S/C16H20N2O4S/c1-13-6-3-4-8-15(13)16(19)17-9-10-18(23(2,20)21)12-14-7-5-11-22-14/h3-8,11H,9-10,12H2,1-2H3,(H,17,19). The van der Waals surface area contributed by atoms with Crippen LogP contribution in [-0.4, -0.2) is 38.0 Å². The van der Waals surface area contributed by atoms with Gasteiger partial charge in [0.15, 0.2) is 0 Å². The Balaban J connectivity index is 1.94. The number of sulfonamides is 1. The van der Waals surface area contributed by atoms with Gasteiger partial charge in [-0.2, -0.15) is 4.31 Å². The molecule has 0 bridgehead atoms. The molecule has 1 amide bonds. The van der Waals surface area contributed by atoms with Gasteiger partial charge in [-0.3, -0.25) is 4.79 Å². The zero-order chi connectivity index (χ0) is 16.9. The van der Waals surface area contributed by atoms with Crippen LogP contribution in [0.1, 0.15) is 21.7 Å². The Morgan fingerprint density at radius 2 is 1.96 bits per heavy atom. The van der Waals surface area contributed by atoms with Crippen LogP contribution < -0.4 is 5.32 Å². The van der Waals surface area contributed by atoms with Crippen molar-refractivity contribution >= 4 is 15.9 Å². The second-order valence-electron chi connectivity index (χ2n) is 5.25. The number of nitrogens with one attached hydrogen (secondary N) is 1. The Bertz CT molecular complexity index is 754. The minimum Gasteiger partial charge on any atom is -0.468 e. The molecule has 0 atom stereocenters. The molecule has 0 aliphatic rings. The van der Waals surface area contributed by atoms with E-state index in [1.165, 1.54) is 10.6 Å². The smallest absolute Gasteiger partial charge is 0.251 e. The van der Waals surface area contributed by atoms with Crippen molar-refractivity contribution in [3.05, 3.63) is 59.5 Å². The lowest BCUT2D eigenvalue weighted by Crippen LogP contribution is -2.37. The third-order valence-electron chi connectivity index (χ3n) is 3.42. The maximum Gasteiger partial charge on any atom is 0.251 e. The lowest BCUT2D eigenvalue weighted by Gasteiger charge is -2.19. The van der Waals surface area contributed by atoms with Gasteiger partial charge in [0.1, 0.15) is 5.76 Å². The van der Waals surface area contributed by atoms with E-state index in [1.54, 1.807) is 24.3 Å². The lowest BCUT2D eigenvalue weighted by atomic mass is 10.1. The van der Waals surface area contributed by atoms with E-state index in [9.17, 15) is 13.2 Å². The molecule has 124 valence electrons. The highest BCUT2D eigenvalue weighted by atomic mass is 32.2. The molecule has 1 heterocycles. The lowest BCUT2D eigenvalue weighted by molar-refractivity contribution is 0.0950. The molecule has 0 fully saturated rings. The molecular formula is C16H20N2O4S. The van der Waals surface area contributed by atoms with Crippen molar-refractivity contribution in [2.24, 2.45) is 0 Å². The van der Waals surface area contributed by atoms with Crippen LogP contribution in [-0.2, 0) is 16.6 Å². The van der Waals surface area contributed by atoms with Crippen molar-refractivity contribution in [2.75, 3.05) is 19.3 Å². The molecule has 0 saturated heterocycles. The average molecular weight is 336 g/mol. The van der Waals surface area contributed by atoms with Gasteiger partial charge in [-0.15, -0.1) is 0 Å². The van der Waals surface area contributed by atoms with Crippen LogP contribution in [0.25, 0.3) is 0 Å². The number of benzene rings is 1. The van der Waals surface area contributed by atoms with E-state index >= 15 is 0 Å². The van der Waals surface area contributed by atoms with E-state index in [0.717, 1.165) is 11.8 Å².